The quantitative estimate of drug-likeness (QED) is 0.730. The number of rotatable bonds is 4. The first-order valence-electron chi connectivity index (χ1n) is 12.2. The summed E-state index contributed by atoms with van der Waals surface area (Å²) in [7, 11) is 0. The number of aliphatic hydroxyl groups is 1. The molecule has 7 rings (SSSR count). The van der Waals surface area contributed by atoms with Crippen molar-refractivity contribution >= 4 is 17.5 Å². The Hall–Kier alpha value is -2.68. The summed E-state index contributed by atoms with van der Waals surface area (Å²) in [6, 6.07) is 2.14. The van der Waals surface area contributed by atoms with E-state index in [-0.39, 0.29) is 11.7 Å². The largest absolute Gasteiger partial charge is 0.390 e. The van der Waals surface area contributed by atoms with Gasteiger partial charge in [-0.3, -0.25) is 9.48 Å². The summed E-state index contributed by atoms with van der Waals surface area (Å²) in [6.07, 6.45) is 9.17. The molecule has 33 heavy (non-hydrogen) atoms. The van der Waals surface area contributed by atoms with Gasteiger partial charge in [0, 0.05) is 38.1 Å². The van der Waals surface area contributed by atoms with Crippen LogP contribution in [0.2, 0.25) is 0 Å². The second-order valence-electron chi connectivity index (χ2n) is 10.9. The number of aryl methyl sites for hydroxylation is 1. The number of hydrogen-bond acceptors (Lipinski definition) is 7. The average molecular weight is 452 g/mol. The van der Waals surface area contributed by atoms with E-state index in [9.17, 15) is 9.90 Å². The van der Waals surface area contributed by atoms with Gasteiger partial charge in [0.1, 0.15) is 5.69 Å². The summed E-state index contributed by atoms with van der Waals surface area (Å²) < 4.78 is 2.23. The van der Waals surface area contributed by atoms with Gasteiger partial charge in [-0.15, -0.1) is 0 Å². The van der Waals surface area contributed by atoms with E-state index >= 15 is 0 Å². The van der Waals surface area contributed by atoms with Crippen LogP contribution in [0.4, 0.5) is 11.6 Å². The number of aromatic nitrogens is 4. The Labute approximate surface area is 194 Å². The van der Waals surface area contributed by atoms with Crippen molar-refractivity contribution in [1.82, 2.24) is 19.7 Å². The molecule has 3 atom stereocenters. The predicted molar refractivity (Wildman–Crippen MR) is 124 cm³/mol. The van der Waals surface area contributed by atoms with Gasteiger partial charge in [-0.05, 0) is 69.8 Å². The Kier molecular flexibility index (Phi) is 4.69. The Morgan fingerprint density at radius 2 is 1.97 bits per heavy atom. The third-order valence-corrected chi connectivity index (χ3v) is 8.51. The number of carbonyl (C=O) groups excluding carboxylic acids is 1. The van der Waals surface area contributed by atoms with E-state index in [0.29, 0.717) is 29.7 Å². The zero-order valence-corrected chi connectivity index (χ0v) is 19.4. The molecule has 1 aliphatic heterocycles. The van der Waals surface area contributed by atoms with Gasteiger partial charge in [-0.2, -0.15) is 5.10 Å². The van der Waals surface area contributed by atoms with Gasteiger partial charge in [0.05, 0.1) is 23.0 Å². The summed E-state index contributed by atoms with van der Waals surface area (Å²) in [5.74, 6) is 1.80. The van der Waals surface area contributed by atoms with Crippen molar-refractivity contribution in [2.75, 3.05) is 29.4 Å². The van der Waals surface area contributed by atoms with Crippen molar-refractivity contribution < 1.29 is 9.90 Å². The van der Waals surface area contributed by atoms with Crippen LogP contribution in [0.5, 0.6) is 0 Å². The molecule has 9 heteroatoms. The first kappa shape index (κ1) is 20.9. The van der Waals surface area contributed by atoms with Gasteiger partial charge < -0.3 is 20.6 Å². The first-order chi connectivity index (χ1) is 15.8. The molecular weight excluding hydrogens is 418 g/mol. The highest BCUT2D eigenvalue weighted by atomic mass is 16.3. The van der Waals surface area contributed by atoms with Gasteiger partial charge in [-0.1, -0.05) is 0 Å². The number of amides is 1. The minimum absolute atomic E-state index is 0.181. The molecule has 1 saturated heterocycles. The predicted octanol–water partition coefficient (Wildman–Crippen LogP) is 1.91. The van der Waals surface area contributed by atoms with E-state index < -0.39 is 11.5 Å². The standard InChI is InChI=1S/C24H33N7O2/c1-14-12-29(5-6-30(14)23-26-4-3-19(27-23)22(25)32)20-13-31(28-15(20)2)21-17-7-16-8-18(21)11-24(33,9-16)10-17/h3-4,13-14,16-18,21,33H,5-12H2,1-2H3,(H2,25,32)/t14-,16?,17?,18?,21?,24?/m1/s1. The van der Waals surface area contributed by atoms with Crippen LogP contribution in [-0.4, -0.2) is 62.0 Å². The van der Waals surface area contributed by atoms with Crippen molar-refractivity contribution in [2.45, 2.75) is 63.6 Å². The molecule has 2 aromatic rings. The molecule has 0 spiro atoms. The summed E-state index contributed by atoms with van der Waals surface area (Å²) in [4.78, 5) is 24.8. The zero-order valence-electron chi connectivity index (χ0n) is 19.4. The normalized spacial score (nSPS) is 35.3. The lowest BCUT2D eigenvalue weighted by Gasteiger charge is -2.57. The lowest BCUT2D eigenvalue weighted by molar-refractivity contribution is -0.148. The molecule has 3 N–H and O–H groups in total. The number of carbonyl (C=O) groups is 1. The van der Waals surface area contributed by atoms with Crippen LogP contribution in [0.1, 0.15) is 61.3 Å². The van der Waals surface area contributed by atoms with Crippen molar-refractivity contribution in [1.29, 1.82) is 0 Å². The number of nitrogens with zero attached hydrogens (tertiary/aromatic N) is 6. The Bertz CT molecular complexity index is 1070. The Balaban J connectivity index is 1.20. The van der Waals surface area contributed by atoms with Crippen LogP contribution < -0.4 is 15.5 Å². The minimum atomic E-state index is -0.537. The smallest absolute Gasteiger partial charge is 0.267 e. The molecule has 4 aliphatic carbocycles. The van der Waals surface area contributed by atoms with Crippen LogP contribution in [0, 0.1) is 24.7 Å². The zero-order chi connectivity index (χ0) is 22.9. The topological polar surface area (TPSA) is 113 Å². The molecule has 5 fully saturated rings. The van der Waals surface area contributed by atoms with Crippen molar-refractivity contribution in [2.24, 2.45) is 23.5 Å². The first-order valence-corrected chi connectivity index (χ1v) is 12.2. The van der Waals surface area contributed by atoms with Crippen LogP contribution in [0.3, 0.4) is 0 Å². The van der Waals surface area contributed by atoms with Crippen LogP contribution in [0.15, 0.2) is 18.5 Å². The molecule has 0 aromatic carbocycles. The second-order valence-corrected chi connectivity index (χ2v) is 10.9. The highest BCUT2D eigenvalue weighted by molar-refractivity contribution is 5.90. The van der Waals surface area contributed by atoms with Crippen LogP contribution >= 0.6 is 0 Å². The summed E-state index contributed by atoms with van der Waals surface area (Å²) in [5, 5.41) is 15.9. The fourth-order valence-electron chi connectivity index (χ4n) is 7.42. The van der Waals surface area contributed by atoms with E-state index in [0.717, 1.165) is 44.6 Å². The van der Waals surface area contributed by atoms with E-state index in [1.807, 2.05) is 0 Å². The van der Waals surface area contributed by atoms with Gasteiger partial charge in [0.2, 0.25) is 5.95 Å². The van der Waals surface area contributed by atoms with Crippen molar-refractivity contribution in [3.63, 3.8) is 0 Å². The summed E-state index contributed by atoms with van der Waals surface area (Å²) in [5.41, 5.74) is 7.48. The molecule has 0 radical (unpaired) electrons. The van der Waals surface area contributed by atoms with Gasteiger partial charge in [0.15, 0.2) is 0 Å². The maximum atomic E-state index is 11.5. The number of hydrogen-bond donors (Lipinski definition) is 2. The second kappa shape index (κ2) is 7.41. The summed E-state index contributed by atoms with van der Waals surface area (Å²) >= 11 is 0. The van der Waals surface area contributed by atoms with E-state index in [1.165, 1.54) is 18.5 Å². The fraction of sp³-hybridized carbons (Fsp3) is 0.667. The molecule has 4 saturated carbocycles. The molecule has 5 aliphatic rings. The molecule has 9 nitrogen and oxygen atoms in total. The monoisotopic (exact) mass is 451 g/mol. The van der Waals surface area contributed by atoms with Gasteiger partial charge >= 0.3 is 0 Å². The number of primary amides is 1. The number of piperazine rings is 1. The van der Waals surface area contributed by atoms with Gasteiger partial charge in [-0.25, -0.2) is 9.97 Å². The third kappa shape index (κ3) is 3.48. The fourth-order valence-corrected chi connectivity index (χ4v) is 7.42. The van der Waals surface area contributed by atoms with E-state index in [2.05, 4.69) is 44.5 Å². The van der Waals surface area contributed by atoms with Gasteiger partial charge in [0.25, 0.3) is 5.91 Å². The molecule has 176 valence electrons. The highest BCUT2D eigenvalue weighted by Crippen LogP contribution is 2.59. The maximum absolute atomic E-state index is 11.5. The molecule has 2 aromatic heterocycles. The van der Waals surface area contributed by atoms with Crippen molar-refractivity contribution in [3.05, 3.63) is 29.8 Å². The molecule has 3 heterocycles. The highest BCUT2D eigenvalue weighted by Gasteiger charge is 2.55. The lowest BCUT2D eigenvalue weighted by Crippen LogP contribution is -2.55. The van der Waals surface area contributed by atoms with E-state index in [1.54, 1.807) is 12.3 Å². The molecule has 2 unspecified atom stereocenters. The van der Waals surface area contributed by atoms with Crippen molar-refractivity contribution in [3.8, 4) is 0 Å². The van der Waals surface area contributed by atoms with E-state index in [4.69, 9.17) is 10.8 Å². The maximum Gasteiger partial charge on any atom is 0.267 e. The molecule has 1 amide bonds. The van der Waals surface area contributed by atoms with Crippen LogP contribution in [0.25, 0.3) is 0 Å². The summed E-state index contributed by atoms with van der Waals surface area (Å²) in [6.45, 7) is 6.68. The Morgan fingerprint density at radius 1 is 1.21 bits per heavy atom. The minimum Gasteiger partial charge on any atom is -0.390 e. The third-order valence-electron chi connectivity index (χ3n) is 8.51. The number of nitrogens with two attached hydrogens (primary N) is 1. The number of anilines is 2. The Morgan fingerprint density at radius 3 is 2.64 bits per heavy atom. The average Bonchev–Trinajstić information content (AvgIpc) is 3.13. The SMILES string of the molecule is Cc1nn(C2C3CC4CC2CC(O)(C4)C3)cc1N1CCN(c2nccc(C(N)=O)n2)[C@H](C)C1. The van der Waals surface area contributed by atoms with Crippen LogP contribution in [-0.2, 0) is 0 Å². The lowest BCUT2D eigenvalue weighted by atomic mass is 9.52. The molecule has 4 bridgehead atoms. The molecular formula is C24H33N7O2.